The largest absolute Gasteiger partial charge is 0.342 e. The van der Waals surface area contributed by atoms with Crippen LogP contribution in [0.25, 0.3) is 11.3 Å². The van der Waals surface area contributed by atoms with Gasteiger partial charge in [-0.25, -0.2) is 4.98 Å². The molecule has 0 bridgehead atoms. The summed E-state index contributed by atoms with van der Waals surface area (Å²) in [5.74, 6) is 1.80. The molecule has 3 heterocycles. The summed E-state index contributed by atoms with van der Waals surface area (Å²) in [7, 11) is 0. The Hall–Kier alpha value is -2.11. The molecule has 3 rings (SSSR count). The summed E-state index contributed by atoms with van der Waals surface area (Å²) in [6, 6.07) is 0. The van der Waals surface area contributed by atoms with Crippen LogP contribution >= 0.6 is 0 Å². The predicted molar refractivity (Wildman–Crippen MR) is 93.6 cm³/mol. The number of amides is 1. The van der Waals surface area contributed by atoms with Gasteiger partial charge in [0, 0.05) is 43.7 Å². The molecule has 0 spiro atoms. The topological polar surface area (TPSA) is 66.8 Å². The highest BCUT2D eigenvalue weighted by Crippen LogP contribution is 2.29. The Bertz CT molecular complexity index is 715. The van der Waals surface area contributed by atoms with Crippen molar-refractivity contribution < 1.29 is 4.79 Å². The number of likely N-dealkylation sites (tertiary alicyclic amines) is 1. The first-order valence-electron chi connectivity index (χ1n) is 8.85. The molecule has 1 atom stereocenters. The van der Waals surface area contributed by atoms with Crippen molar-refractivity contribution in [2.45, 2.75) is 53.0 Å². The molecule has 6 nitrogen and oxygen atoms in total. The van der Waals surface area contributed by atoms with Crippen LogP contribution in [0.2, 0.25) is 0 Å². The van der Waals surface area contributed by atoms with Gasteiger partial charge in [0.15, 0.2) is 0 Å². The molecular formula is C18H27N5O. The number of rotatable bonds is 6. The van der Waals surface area contributed by atoms with Crippen molar-refractivity contribution >= 4 is 5.91 Å². The van der Waals surface area contributed by atoms with E-state index in [4.69, 9.17) is 0 Å². The van der Waals surface area contributed by atoms with Gasteiger partial charge in [0.2, 0.25) is 5.91 Å². The monoisotopic (exact) mass is 329 g/mol. The van der Waals surface area contributed by atoms with Gasteiger partial charge in [-0.2, -0.15) is 5.10 Å². The number of H-pyrrole nitrogens is 1. The average Bonchev–Trinajstić information content (AvgIpc) is 3.19. The zero-order chi connectivity index (χ0) is 17.3. The van der Waals surface area contributed by atoms with Gasteiger partial charge >= 0.3 is 0 Å². The highest BCUT2D eigenvalue weighted by molar-refractivity contribution is 5.79. The Morgan fingerprint density at radius 3 is 2.92 bits per heavy atom. The fourth-order valence-corrected chi connectivity index (χ4v) is 3.38. The van der Waals surface area contributed by atoms with Gasteiger partial charge in [-0.15, -0.1) is 0 Å². The number of aryl methyl sites for hydroxylation is 2. The second-order valence-electron chi connectivity index (χ2n) is 7.17. The summed E-state index contributed by atoms with van der Waals surface area (Å²) in [5.41, 5.74) is 3.08. The van der Waals surface area contributed by atoms with Crippen LogP contribution in [0, 0.1) is 12.8 Å². The normalized spacial score (nSPS) is 18.1. The van der Waals surface area contributed by atoms with Crippen LogP contribution < -0.4 is 0 Å². The van der Waals surface area contributed by atoms with Gasteiger partial charge in [0.1, 0.15) is 5.82 Å². The third-order valence-electron chi connectivity index (χ3n) is 4.47. The van der Waals surface area contributed by atoms with Gasteiger partial charge in [-0.05, 0) is 19.3 Å². The van der Waals surface area contributed by atoms with E-state index in [0.717, 1.165) is 48.8 Å². The second-order valence-corrected chi connectivity index (χ2v) is 7.17. The van der Waals surface area contributed by atoms with E-state index in [0.29, 0.717) is 12.3 Å². The van der Waals surface area contributed by atoms with Gasteiger partial charge in [-0.1, -0.05) is 20.8 Å². The molecule has 0 aliphatic carbocycles. The highest BCUT2D eigenvalue weighted by atomic mass is 16.2. The molecule has 130 valence electrons. The van der Waals surface area contributed by atoms with Crippen molar-refractivity contribution in [2.75, 3.05) is 13.1 Å². The fourth-order valence-electron chi connectivity index (χ4n) is 3.38. The van der Waals surface area contributed by atoms with E-state index in [-0.39, 0.29) is 11.8 Å². The van der Waals surface area contributed by atoms with Crippen LogP contribution in [0.4, 0.5) is 0 Å². The molecule has 1 amide bonds. The van der Waals surface area contributed by atoms with Crippen LogP contribution in [0.15, 0.2) is 12.4 Å². The van der Waals surface area contributed by atoms with Crippen LogP contribution in [0.3, 0.4) is 0 Å². The number of hydrogen-bond donors (Lipinski definition) is 1. The molecule has 24 heavy (non-hydrogen) atoms. The molecule has 2 aromatic rings. The number of carbonyl (C=O) groups is 1. The van der Waals surface area contributed by atoms with Crippen molar-refractivity contribution in [3.8, 4) is 11.3 Å². The maximum atomic E-state index is 12.2. The smallest absolute Gasteiger partial charge is 0.223 e. The standard InChI is InChI=1S/C18H27N5O/c1-5-6-23-11-15(13(4)21-23)16-8-19-18(20-16)14-7-17(24)22(10-14)9-12(2)3/h8,11-12,14H,5-7,9-10H2,1-4H3,(H,19,20)/t14-/m0/s1. The number of aromatic amines is 1. The van der Waals surface area contributed by atoms with Crippen molar-refractivity contribution in [2.24, 2.45) is 5.92 Å². The molecule has 1 N–H and O–H groups in total. The lowest BCUT2D eigenvalue weighted by Crippen LogP contribution is -2.29. The average molecular weight is 329 g/mol. The Morgan fingerprint density at radius 1 is 1.42 bits per heavy atom. The first-order valence-corrected chi connectivity index (χ1v) is 8.85. The van der Waals surface area contributed by atoms with E-state index in [1.165, 1.54) is 0 Å². The molecule has 0 radical (unpaired) electrons. The molecule has 1 saturated heterocycles. The van der Waals surface area contributed by atoms with Crippen LogP contribution in [-0.2, 0) is 11.3 Å². The lowest BCUT2D eigenvalue weighted by molar-refractivity contribution is -0.128. The molecule has 1 fully saturated rings. The zero-order valence-corrected chi connectivity index (χ0v) is 15.0. The molecule has 1 aliphatic heterocycles. The number of carbonyl (C=O) groups excluding carboxylic acids is 1. The number of nitrogens with one attached hydrogen (secondary N) is 1. The molecule has 0 unspecified atom stereocenters. The molecule has 2 aromatic heterocycles. The van der Waals surface area contributed by atoms with E-state index < -0.39 is 0 Å². The fraction of sp³-hybridized carbons (Fsp3) is 0.611. The Balaban J connectivity index is 1.75. The van der Waals surface area contributed by atoms with Gasteiger partial charge in [-0.3, -0.25) is 9.48 Å². The maximum absolute atomic E-state index is 12.2. The lowest BCUT2D eigenvalue weighted by atomic mass is 10.1. The number of aromatic nitrogens is 4. The Labute approximate surface area is 143 Å². The van der Waals surface area contributed by atoms with Crippen molar-refractivity contribution in [3.05, 3.63) is 23.9 Å². The van der Waals surface area contributed by atoms with Gasteiger partial charge < -0.3 is 9.88 Å². The molecule has 1 aliphatic rings. The third kappa shape index (κ3) is 3.37. The maximum Gasteiger partial charge on any atom is 0.223 e. The summed E-state index contributed by atoms with van der Waals surface area (Å²) < 4.78 is 1.98. The predicted octanol–water partition coefficient (Wildman–Crippen LogP) is 2.96. The Morgan fingerprint density at radius 2 is 2.21 bits per heavy atom. The number of imidazole rings is 1. The minimum absolute atomic E-state index is 0.163. The van der Waals surface area contributed by atoms with Gasteiger partial charge in [0.05, 0.1) is 17.6 Å². The van der Waals surface area contributed by atoms with Crippen LogP contribution in [-0.4, -0.2) is 43.6 Å². The summed E-state index contributed by atoms with van der Waals surface area (Å²) in [6.07, 6.45) is 5.55. The van der Waals surface area contributed by atoms with Crippen molar-refractivity contribution in [1.29, 1.82) is 0 Å². The Kier molecular flexibility index (Phi) is 4.73. The lowest BCUT2D eigenvalue weighted by Gasteiger charge is -2.18. The SMILES string of the molecule is CCCn1cc(-c2cnc([C@H]3CC(=O)N(CC(C)C)C3)[nH]2)c(C)n1. The number of nitrogens with zero attached hydrogens (tertiary/aromatic N) is 4. The summed E-state index contributed by atoms with van der Waals surface area (Å²) in [5, 5.41) is 4.55. The second kappa shape index (κ2) is 6.79. The van der Waals surface area contributed by atoms with E-state index in [1.807, 2.05) is 22.7 Å². The van der Waals surface area contributed by atoms with Gasteiger partial charge in [0.25, 0.3) is 0 Å². The third-order valence-corrected chi connectivity index (χ3v) is 4.47. The van der Waals surface area contributed by atoms with Crippen molar-refractivity contribution in [3.63, 3.8) is 0 Å². The quantitative estimate of drug-likeness (QED) is 0.886. The molecule has 0 aromatic carbocycles. The molecule has 6 heteroatoms. The van der Waals surface area contributed by atoms with Crippen LogP contribution in [0.1, 0.15) is 51.0 Å². The minimum Gasteiger partial charge on any atom is -0.342 e. The zero-order valence-electron chi connectivity index (χ0n) is 15.0. The highest BCUT2D eigenvalue weighted by Gasteiger charge is 2.32. The van der Waals surface area contributed by atoms with E-state index in [9.17, 15) is 4.79 Å². The van der Waals surface area contributed by atoms with Crippen LogP contribution in [0.5, 0.6) is 0 Å². The molecular weight excluding hydrogens is 302 g/mol. The van der Waals surface area contributed by atoms with E-state index >= 15 is 0 Å². The first-order chi connectivity index (χ1) is 11.5. The van der Waals surface area contributed by atoms with E-state index in [1.54, 1.807) is 0 Å². The molecule has 0 saturated carbocycles. The first kappa shape index (κ1) is 16.7. The van der Waals surface area contributed by atoms with Crippen molar-refractivity contribution in [1.82, 2.24) is 24.6 Å². The summed E-state index contributed by atoms with van der Waals surface area (Å²) >= 11 is 0. The minimum atomic E-state index is 0.163. The summed E-state index contributed by atoms with van der Waals surface area (Å²) in [6.45, 7) is 11.0. The summed E-state index contributed by atoms with van der Waals surface area (Å²) in [4.78, 5) is 22.1. The number of hydrogen-bond acceptors (Lipinski definition) is 3. The van der Waals surface area contributed by atoms with E-state index in [2.05, 4.69) is 42.0 Å².